The quantitative estimate of drug-likeness (QED) is 0.894. The number of piperidine rings is 1. The molecule has 3 rings (SSSR count). The SMILES string of the molecule is Cc1cc(C(=O)NC[C@H](c2ccc(F)cc2)N2CCCCC2)nc(C)n1. The monoisotopic (exact) mass is 356 g/mol. The van der Waals surface area contributed by atoms with Gasteiger partial charge in [0.05, 0.1) is 6.04 Å². The maximum Gasteiger partial charge on any atom is 0.270 e. The predicted molar refractivity (Wildman–Crippen MR) is 98.4 cm³/mol. The van der Waals surface area contributed by atoms with Crippen molar-refractivity contribution in [3.8, 4) is 0 Å². The Morgan fingerprint density at radius 2 is 1.85 bits per heavy atom. The smallest absolute Gasteiger partial charge is 0.270 e. The molecule has 1 amide bonds. The molecule has 26 heavy (non-hydrogen) atoms. The van der Waals surface area contributed by atoms with Crippen LogP contribution in [0.2, 0.25) is 0 Å². The number of likely N-dealkylation sites (tertiary alicyclic amines) is 1. The van der Waals surface area contributed by atoms with Crippen LogP contribution >= 0.6 is 0 Å². The van der Waals surface area contributed by atoms with Crippen LogP contribution in [-0.4, -0.2) is 40.4 Å². The molecule has 1 aliphatic rings. The molecule has 0 bridgehead atoms. The van der Waals surface area contributed by atoms with Gasteiger partial charge in [0, 0.05) is 12.2 Å². The van der Waals surface area contributed by atoms with Gasteiger partial charge in [-0.2, -0.15) is 0 Å². The van der Waals surface area contributed by atoms with Crippen LogP contribution in [0.15, 0.2) is 30.3 Å². The third-order valence-corrected chi connectivity index (χ3v) is 4.74. The lowest BCUT2D eigenvalue weighted by molar-refractivity contribution is 0.0919. The summed E-state index contributed by atoms with van der Waals surface area (Å²) in [6.07, 6.45) is 3.53. The fourth-order valence-electron chi connectivity index (χ4n) is 3.49. The van der Waals surface area contributed by atoms with Gasteiger partial charge in [-0.05, 0) is 63.5 Å². The van der Waals surface area contributed by atoms with Crippen molar-refractivity contribution in [1.29, 1.82) is 0 Å². The molecule has 0 unspecified atom stereocenters. The van der Waals surface area contributed by atoms with Crippen LogP contribution in [0.1, 0.15) is 52.9 Å². The maximum absolute atomic E-state index is 13.3. The number of aryl methyl sites for hydroxylation is 2. The van der Waals surface area contributed by atoms with Crippen LogP contribution in [0.3, 0.4) is 0 Å². The molecule has 0 saturated carbocycles. The molecule has 1 fully saturated rings. The highest BCUT2D eigenvalue weighted by molar-refractivity contribution is 5.92. The topological polar surface area (TPSA) is 58.1 Å². The summed E-state index contributed by atoms with van der Waals surface area (Å²) in [5.74, 6) is 0.131. The van der Waals surface area contributed by atoms with Crippen LogP contribution in [-0.2, 0) is 0 Å². The van der Waals surface area contributed by atoms with E-state index in [1.807, 2.05) is 6.92 Å². The average Bonchev–Trinajstić information content (AvgIpc) is 2.63. The highest BCUT2D eigenvalue weighted by Crippen LogP contribution is 2.24. The van der Waals surface area contributed by atoms with Gasteiger partial charge in [-0.25, -0.2) is 14.4 Å². The van der Waals surface area contributed by atoms with E-state index in [2.05, 4.69) is 20.2 Å². The number of rotatable bonds is 5. The zero-order chi connectivity index (χ0) is 18.5. The minimum absolute atomic E-state index is 0.0314. The fourth-order valence-corrected chi connectivity index (χ4v) is 3.49. The Labute approximate surface area is 153 Å². The Morgan fingerprint density at radius 1 is 1.15 bits per heavy atom. The van der Waals surface area contributed by atoms with Crippen LogP contribution in [0.25, 0.3) is 0 Å². The Kier molecular flexibility index (Phi) is 5.93. The number of nitrogens with zero attached hydrogens (tertiary/aromatic N) is 3. The summed E-state index contributed by atoms with van der Waals surface area (Å²) in [5.41, 5.74) is 2.17. The van der Waals surface area contributed by atoms with Crippen molar-refractivity contribution in [3.63, 3.8) is 0 Å². The number of hydrogen-bond donors (Lipinski definition) is 1. The number of hydrogen-bond acceptors (Lipinski definition) is 4. The number of nitrogens with one attached hydrogen (secondary N) is 1. The minimum atomic E-state index is -0.248. The van der Waals surface area contributed by atoms with Crippen molar-refractivity contribution in [2.45, 2.75) is 39.2 Å². The molecule has 2 heterocycles. The van der Waals surface area contributed by atoms with Gasteiger partial charge in [0.15, 0.2) is 0 Å². The Balaban J connectivity index is 1.74. The summed E-state index contributed by atoms with van der Waals surface area (Å²) in [5, 5.41) is 3.00. The average molecular weight is 356 g/mol. The minimum Gasteiger partial charge on any atom is -0.349 e. The second-order valence-electron chi connectivity index (χ2n) is 6.82. The van der Waals surface area contributed by atoms with Gasteiger partial charge < -0.3 is 5.32 Å². The second kappa shape index (κ2) is 8.36. The molecule has 5 nitrogen and oxygen atoms in total. The molecule has 1 atom stereocenters. The zero-order valence-corrected chi connectivity index (χ0v) is 15.3. The van der Waals surface area contributed by atoms with Crippen molar-refractivity contribution >= 4 is 5.91 Å². The van der Waals surface area contributed by atoms with Crippen LogP contribution in [0.4, 0.5) is 4.39 Å². The lowest BCUT2D eigenvalue weighted by atomic mass is 10.0. The normalized spacial score (nSPS) is 16.3. The van der Waals surface area contributed by atoms with E-state index in [4.69, 9.17) is 0 Å². The third-order valence-electron chi connectivity index (χ3n) is 4.74. The number of benzene rings is 1. The van der Waals surface area contributed by atoms with Crippen molar-refractivity contribution in [1.82, 2.24) is 20.2 Å². The molecule has 0 spiro atoms. The molecule has 1 N–H and O–H groups in total. The lowest BCUT2D eigenvalue weighted by Crippen LogP contribution is -2.40. The van der Waals surface area contributed by atoms with E-state index < -0.39 is 0 Å². The molecule has 1 saturated heterocycles. The molecule has 6 heteroatoms. The van der Waals surface area contributed by atoms with Gasteiger partial charge in [0.1, 0.15) is 17.3 Å². The molecule has 1 aromatic heterocycles. The van der Waals surface area contributed by atoms with Crippen molar-refractivity contribution in [2.24, 2.45) is 0 Å². The number of halogens is 1. The first-order chi connectivity index (χ1) is 12.5. The van der Waals surface area contributed by atoms with E-state index >= 15 is 0 Å². The predicted octanol–water partition coefficient (Wildman–Crippen LogP) is 3.19. The fraction of sp³-hybridized carbons (Fsp3) is 0.450. The largest absolute Gasteiger partial charge is 0.349 e. The molecular formula is C20H25FN4O. The summed E-state index contributed by atoms with van der Waals surface area (Å²) in [4.78, 5) is 23.3. The summed E-state index contributed by atoms with van der Waals surface area (Å²) in [6.45, 7) is 6.07. The Morgan fingerprint density at radius 3 is 2.50 bits per heavy atom. The highest BCUT2D eigenvalue weighted by atomic mass is 19.1. The standard InChI is InChI=1S/C20H25FN4O/c1-14-12-18(24-15(2)23-14)20(26)22-13-19(25-10-4-3-5-11-25)16-6-8-17(21)9-7-16/h6-9,12,19H,3-5,10-11,13H2,1-2H3,(H,22,26)/t19-/m1/s1. The van der Waals surface area contributed by atoms with Crippen LogP contribution in [0, 0.1) is 19.7 Å². The number of amides is 1. The van der Waals surface area contributed by atoms with Crippen LogP contribution in [0.5, 0.6) is 0 Å². The van der Waals surface area contributed by atoms with E-state index in [1.54, 1.807) is 25.1 Å². The summed E-state index contributed by atoms with van der Waals surface area (Å²) in [6, 6.07) is 8.29. The van der Waals surface area contributed by atoms with E-state index in [9.17, 15) is 9.18 Å². The Bertz CT molecular complexity index is 737. The number of carbonyl (C=O) groups is 1. The van der Waals surface area contributed by atoms with Gasteiger partial charge in [0.2, 0.25) is 0 Å². The molecule has 138 valence electrons. The van der Waals surface area contributed by atoms with Gasteiger partial charge in [0.25, 0.3) is 5.91 Å². The third kappa shape index (κ3) is 4.64. The van der Waals surface area contributed by atoms with Crippen molar-refractivity contribution in [2.75, 3.05) is 19.6 Å². The lowest BCUT2D eigenvalue weighted by Gasteiger charge is -2.35. The molecule has 0 aliphatic carbocycles. The van der Waals surface area contributed by atoms with Gasteiger partial charge in [-0.15, -0.1) is 0 Å². The Hall–Kier alpha value is -2.34. The summed E-state index contributed by atoms with van der Waals surface area (Å²) < 4.78 is 13.3. The first kappa shape index (κ1) is 18.5. The zero-order valence-electron chi connectivity index (χ0n) is 15.3. The van der Waals surface area contributed by atoms with Crippen molar-refractivity contribution < 1.29 is 9.18 Å². The van der Waals surface area contributed by atoms with E-state index in [1.165, 1.54) is 18.6 Å². The number of carbonyl (C=O) groups excluding carboxylic acids is 1. The first-order valence-corrected chi connectivity index (χ1v) is 9.13. The summed E-state index contributed by atoms with van der Waals surface area (Å²) >= 11 is 0. The van der Waals surface area contributed by atoms with Gasteiger partial charge in [-0.3, -0.25) is 9.69 Å². The van der Waals surface area contributed by atoms with Crippen molar-refractivity contribution in [3.05, 3.63) is 58.9 Å². The van der Waals surface area contributed by atoms with E-state index in [0.717, 1.165) is 37.2 Å². The highest BCUT2D eigenvalue weighted by Gasteiger charge is 2.23. The maximum atomic E-state index is 13.3. The number of aromatic nitrogens is 2. The molecular weight excluding hydrogens is 331 g/mol. The van der Waals surface area contributed by atoms with E-state index in [-0.39, 0.29) is 17.8 Å². The van der Waals surface area contributed by atoms with Crippen LogP contribution < -0.4 is 5.32 Å². The first-order valence-electron chi connectivity index (χ1n) is 9.13. The molecule has 0 radical (unpaired) electrons. The molecule has 1 aromatic carbocycles. The molecule has 2 aromatic rings. The molecule has 1 aliphatic heterocycles. The van der Waals surface area contributed by atoms with Gasteiger partial charge in [-0.1, -0.05) is 18.6 Å². The van der Waals surface area contributed by atoms with E-state index in [0.29, 0.717) is 18.1 Å². The van der Waals surface area contributed by atoms with Gasteiger partial charge >= 0.3 is 0 Å². The second-order valence-corrected chi connectivity index (χ2v) is 6.82. The summed E-state index contributed by atoms with van der Waals surface area (Å²) in [7, 11) is 0.